The Balaban J connectivity index is 2.52. The van der Waals surface area contributed by atoms with Gasteiger partial charge >= 0.3 is 12.0 Å². The number of hydrogen-bond donors (Lipinski definition) is 2. The number of aliphatic carboxylic acids is 1. The number of amides is 2. The predicted molar refractivity (Wildman–Crippen MR) is 72.5 cm³/mol. The van der Waals surface area contributed by atoms with Gasteiger partial charge in [0.1, 0.15) is 6.54 Å². The fourth-order valence-corrected chi connectivity index (χ4v) is 1.61. The van der Waals surface area contributed by atoms with Gasteiger partial charge < -0.3 is 20.1 Å². The summed E-state index contributed by atoms with van der Waals surface area (Å²) in [5.74, 6) is -0.529. The normalized spacial score (nSPS) is 9.90. The summed E-state index contributed by atoms with van der Waals surface area (Å²) >= 11 is 0. The number of carbonyl (C=O) groups excluding carboxylic acids is 1. The lowest BCUT2D eigenvalue weighted by Crippen LogP contribution is -2.42. The molecule has 1 rings (SSSR count). The highest BCUT2D eigenvalue weighted by molar-refractivity contribution is 5.80. The third-order valence-corrected chi connectivity index (χ3v) is 2.56. The molecule has 7 heteroatoms. The van der Waals surface area contributed by atoms with Gasteiger partial charge in [-0.2, -0.15) is 0 Å². The molecule has 0 aliphatic carbocycles. The van der Waals surface area contributed by atoms with Crippen molar-refractivity contribution in [3.05, 3.63) is 23.9 Å². The molecule has 1 aromatic heterocycles. The Labute approximate surface area is 117 Å². The highest BCUT2D eigenvalue weighted by atomic mass is 16.5. The molecule has 2 N–H and O–H groups in total. The van der Waals surface area contributed by atoms with E-state index in [0.717, 1.165) is 5.56 Å². The minimum absolute atomic E-state index is 0.287. The lowest BCUT2D eigenvalue weighted by atomic mass is 10.3. The van der Waals surface area contributed by atoms with Crippen LogP contribution in [0.25, 0.3) is 0 Å². The van der Waals surface area contributed by atoms with Gasteiger partial charge in [-0.25, -0.2) is 9.78 Å². The molecule has 0 saturated heterocycles. The van der Waals surface area contributed by atoms with Crippen molar-refractivity contribution in [1.29, 1.82) is 0 Å². The van der Waals surface area contributed by atoms with Crippen molar-refractivity contribution in [2.75, 3.05) is 20.2 Å². The number of nitrogens with zero attached hydrogens (tertiary/aromatic N) is 2. The van der Waals surface area contributed by atoms with Crippen LogP contribution in [0.2, 0.25) is 0 Å². The molecular weight excluding hydrogens is 262 g/mol. The Kier molecular flexibility index (Phi) is 6.28. The lowest BCUT2D eigenvalue weighted by molar-refractivity contribution is -0.137. The van der Waals surface area contributed by atoms with Gasteiger partial charge in [-0.15, -0.1) is 0 Å². The molecule has 1 heterocycles. The first-order valence-corrected chi connectivity index (χ1v) is 6.30. The summed E-state index contributed by atoms with van der Waals surface area (Å²) in [7, 11) is 1.53. The molecule has 0 fully saturated rings. The van der Waals surface area contributed by atoms with Crippen LogP contribution in [0.5, 0.6) is 5.88 Å². The lowest BCUT2D eigenvalue weighted by Gasteiger charge is -2.20. The number of carbonyl (C=O) groups is 2. The van der Waals surface area contributed by atoms with Gasteiger partial charge in [0.2, 0.25) is 5.88 Å². The molecule has 20 heavy (non-hydrogen) atoms. The van der Waals surface area contributed by atoms with Gasteiger partial charge in [0, 0.05) is 25.4 Å². The van der Waals surface area contributed by atoms with E-state index < -0.39 is 12.0 Å². The summed E-state index contributed by atoms with van der Waals surface area (Å²) in [6.07, 6.45) is 2.30. The molecule has 7 nitrogen and oxygen atoms in total. The molecule has 1 aromatic rings. The molecule has 0 radical (unpaired) electrons. The van der Waals surface area contributed by atoms with Crippen molar-refractivity contribution in [3.8, 4) is 5.88 Å². The predicted octanol–water partition coefficient (Wildman–Crippen LogP) is 1.10. The van der Waals surface area contributed by atoms with Crippen LogP contribution in [0, 0.1) is 0 Å². The summed E-state index contributed by atoms with van der Waals surface area (Å²) in [4.78, 5) is 27.8. The molecule has 0 bridgehead atoms. The second-order valence-corrected chi connectivity index (χ2v) is 4.18. The number of ether oxygens (including phenoxy) is 1. The minimum atomic E-state index is -1.03. The van der Waals surface area contributed by atoms with Crippen LogP contribution in [-0.4, -0.2) is 47.2 Å². The van der Waals surface area contributed by atoms with Gasteiger partial charge in [0.05, 0.1) is 7.11 Å². The van der Waals surface area contributed by atoms with E-state index in [-0.39, 0.29) is 13.1 Å². The number of carboxylic acids is 1. The first-order chi connectivity index (χ1) is 9.56. The van der Waals surface area contributed by atoms with E-state index in [2.05, 4.69) is 10.3 Å². The number of hydrogen-bond acceptors (Lipinski definition) is 4. The quantitative estimate of drug-likeness (QED) is 0.780. The maximum Gasteiger partial charge on any atom is 0.323 e. The smallest absolute Gasteiger partial charge is 0.323 e. The van der Waals surface area contributed by atoms with Gasteiger partial charge in [0.15, 0.2) is 0 Å². The molecule has 0 aromatic carbocycles. The molecule has 0 spiro atoms. The Morgan fingerprint density at radius 3 is 2.70 bits per heavy atom. The van der Waals surface area contributed by atoms with Gasteiger partial charge in [-0.1, -0.05) is 13.0 Å². The monoisotopic (exact) mass is 281 g/mol. The largest absolute Gasteiger partial charge is 0.481 e. The highest BCUT2D eigenvalue weighted by Crippen LogP contribution is 2.06. The third kappa shape index (κ3) is 5.13. The number of aromatic nitrogens is 1. The number of nitrogens with one attached hydrogen (secondary N) is 1. The zero-order valence-electron chi connectivity index (χ0n) is 11.6. The Bertz CT molecular complexity index is 447. The van der Waals surface area contributed by atoms with Crippen molar-refractivity contribution in [2.24, 2.45) is 0 Å². The third-order valence-electron chi connectivity index (χ3n) is 2.56. The SMILES string of the molecule is CCCN(CC(=O)O)C(=O)NCc1ccc(OC)nc1. The summed E-state index contributed by atoms with van der Waals surface area (Å²) in [5, 5.41) is 11.4. The highest BCUT2D eigenvalue weighted by Gasteiger charge is 2.15. The second-order valence-electron chi connectivity index (χ2n) is 4.18. The van der Waals surface area contributed by atoms with E-state index in [1.807, 2.05) is 6.92 Å². The molecule has 2 amide bonds. The summed E-state index contributed by atoms with van der Waals surface area (Å²) in [5.41, 5.74) is 0.811. The molecular formula is C13H19N3O4. The van der Waals surface area contributed by atoms with Crippen molar-refractivity contribution in [3.63, 3.8) is 0 Å². The average Bonchev–Trinajstić information content (AvgIpc) is 2.44. The van der Waals surface area contributed by atoms with E-state index in [4.69, 9.17) is 9.84 Å². The number of carboxylic acid groups (broad SMARTS) is 1. The van der Waals surface area contributed by atoms with Gasteiger partial charge in [0.25, 0.3) is 0 Å². The van der Waals surface area contributed by atoms with Crippen LogP contribution in [0.4, 0.5) is 4.79 Å². The van der Waals surface area contributed by atoms with Crippen molar-refractivity contribution in [1.82, 2.24) is 15.2 Å². The van der Waals surface area contributed by atoms with Crippen molar-refractivity contribution < 1.29 is 19.4 Å². The van der Waals surface area contributed by atoms with E-state index in [1.54, 1.807) is 18.3 Å². The van der Waals surface area contributed by atoms with Crippen LogP contribution >= 0.6 is 0 Å². The Morgan fingerprint density at radius 1 is 1.45 bits per heavy atom. The molecule has 0 aliphatic heterocycles. The first kappa shape index (κ1) is 15.7. The van der Waals surface area contributed by atoms with Crippen molar-refractivity contribution in [2.45, 2.75) is 19.9 Å². The average molecular weight is 281 g/mol. The second kappa shape index (κ2) is 7.98. The number of rotatable bonds is 7. The molecule has 0 saturated carbocycles. The molecule has 0 atom stereocenters. The summed E-state index contributed by atoms with van der Waals surface area (Å²) < 4.78 is 4.94. The summed E-state index contributed by atoms with van der Waals surface area (Å²) in [6.45, 7) is 2.27. The fraction of sp³-hybridized carbons (Fsp3) is 0.462. The first-order valence-electron chi connectivity index (χ1n) is 6.30. The van der Waals surface area contributed by atoms with Crippen LogP contribution in [0.1, 0.15) is 18.9 Å². The van der Waals surface area contributed by atoms with Gasteiger partial charge in [-0.05, 0) is 12.0 Å². The van der Waals surface area contributed by atoms with Crippen LogP contribution in [-0.2, 0) is 11.3 Å². The number of methoxy groups -OCH3 is 1. The molecule has 0 aliphatic rings. The fourth-order valence-electron chi connectivity index (χ4n) is 1.61. The Hall–Kier alpha value is -2.31. The molecule has 110 valence electrons. The van der Waals surface area contributed by atoms with Crippen LogP contribution in [0.3, 0.4) is 0 Å². The van der Waals surface area contributed by atoms with E-state index in [0.29, 0.717) is 18.8 Å². The number of urea groups is 1. The summed E-state index contributed by atoms with van der Waals surface area (Å²) in [6, 6.07) is 3.08. The maximum absolute atomic E-state index is 11.9. The van der Waals surface area contributed by atoms with E-state index >= 15 is 0 Å². The van der Waals surface area contributed by atoms with Gasteiger partial charge in [-0.3, -0.25) is 4.79 Å². The maximum atomic E-state index is 11.9. The Morgan fingerprint density at radius 2 is 2.20 bits per heavy atom. The van der Waals surface area contributed by atoms with Crippen molar-refractivity contribution >= 4 is 12.0 Å². The van der Waals surface area contributed by atoms with E-state index in [9.17, 15) is 9.59 Å². The van der Waals surface area contributed by atoms with Crippen LogP contribution in [0.15, 0.2) is 18.3 Å². The van der Waals surface area contributed by atoms with E-state index in [1.165, 1.54) is 12.0 Å². The van der Waals surface area contributed by atoms with Crippen LogP contribution < -0.4 is 10.1 Å². The standard InChI is InChI=1S/C13H19N3O4/c1-3-6-16(9-12(17)18)13(19)15-8-10-4-5-11(20-2)14-7-10/h4-5,7H,3,6,8-9H2,1-2H3,(H,15,19)(H,17,18). The molecule has 0 unspecified atom stereocenters. The number of pyridine rings is 1. The zero-order valence-corrected chi connectivity index (χ0v) is 11.6. The minimum Gasteiger partial charge on any atom is -0.481 e. The topological polar surface area (TPSA) is 91.8 Å². The zero-order chi connectivity index (χ0) is 15.0.